The van der Waals surface area contributed by atoms with Gasteiger partial charge in [-0.3, -0.25) is 28.8 Å². The van der Waals surface area contributed by atoms with E-state index in [1.165, 1.54) is 81.7 Å². The second-order valence-corrected chi connectivity index (χ2v) is 21.2. The van der Waals surface area contributed by atoms with Gasteiger partial charge in [0.15, 0.2) is 11.6 Å². The molecule has 0 fully saturated rings. The predicted molar refractivity (Wildman–Crippen MR) is 303 cm³/mol. The van der Waals surface area contributed by atoms with Crippen LogP contribution in [0.3, 0.4) is 0 Å². The highest BCUT2D eigenvalue weighted by Gasteiger charge is 2.35. The second kappa shape index (κ2) is 32.3. The number of carbonyl (C=O) groups is 7. The van der Waals surface area contributed by atoms with Gasteiger partial charge in [0.25, 0.3) is 0 Å². The molecule has 77 heavy (non-hydrogen) atoms. The molecular weight excluding hydrogens is 969 g/mol. The van der Waals surface area contributed by atoms with Gasteiger partial charge in [-0.25, -0.2) is 4.79 Å². The number of nitrogens with zero attached hydrogens (tertiary/aromatic N) is 2. The minimum absolute atomic E-state index is 0.107. The van der Waals surface area contributed by atoms with E-state index >= 15 is 0 Å². The summed E-state index contributed by atoms with van der Waals surface area (Å²) in [6.45, 7) is 7.89. The van der Waals surface area contributed by atoms with Crippen molar-refractivity contribution >= 4 is 41.2 Å². The number of Topliss-reactive ketones (excluding diaryl/α,β-unsaturated/α-hetero) is 2. The molecule has 0 spiro atoms. The van der Waals surface area contributed by atoms with E-state index in [0.29, 0.717) is 12.0 Å². The van der Waals surface area contributed by atoms with Crippen molar-refractivity contribution in [2.75, 3.05) is 27.8 Å². The largest absolute Gasteiger partial charge is 0.467 e. The van der Waals surface area contributed by atoms with Crippen LogP contribution in [0.15, 0.2) is 97.1 Å². The first kappa shape index (κ1) is 61.4. The fraction of sp³-hybridized carbons (Fsp3) is 0.516. The number of benzene rings is 4. The maximum atomic E-state index is 14.5. The molecule has 1 heterocycles. The Morgan fingerprint density at radius 3 is 1.86 bits per heavy atom. The van der Waals surface area contributed by atoms with Crippen LogP contribution in [0.2, 0.25) is 0 Å². The van der Waals surface area contributed by atoms with Crippen molar-refractivity contribution in [1.82, 2.24) is 20.4 Å². The number of aryl methyl sites for hydroxylation is 2. The van der Waals surface area contributed by atoms with Crippen LogP contribution in [-0.4, -0.2) is 96.9 Å². The summed E-state index contributed by atoms with van der Waals surface area (Å²) in [5, 5.41) is 5.77. The van der Waals surface area contributed by atoms with Crippen LogP contribution in [0.25, 0.3) is 11.1 Å². The number of carbonyl (C=O) groups excluding carboxylic acids is 7. The first-order valence-electron chi connectivity index (χ1n) is 28.2. The second-order valence-electron chi connectivity index (χ2n) is 21.2. The van der Waals surface area contributed by atoms with Crippen molar-refractivity contribution in [3.05, 3.63) is 130 Å². The van der Waals surface area contributed by atoms with Gasteiger partial charge in [-0.2, -0.15) is 0 Å². The lowest BCUT2D eigenvalue weighted by molar-refractivity contribution is -0.145. The van der Waals surface area contributed by atoms with Crippen molar-refractivity contribution < 1.29 is 43.0 Å². The SMILES string of the molecule is CCCCCCCCCCCCCCCC(=O)N(C)[C@H](COCc1ccccc1)C(=O)N[C@H](Cc1ccccc1)C(=O)CCC(=O)N(C)[C@@H]1C(=O)C[C@@H](C)C(=O)N[C@H](C(=O)OC)Cc2ccc(C)c(c2)-c2cc1ccc2C. The molecule has 1 aliphatic rings. The van der Waals surface area contributed by atoms with Gasteiger partial charge in [0.1, 0.15) is 18.1 Å². The van der Waals surface area contributed by atoms with E-state index in [2.05, 4.69) is 17.6 Å². The highest BCUT2D eigenvalue weighted by atomic mass is 16.5. The predicted octanol–water partition coefficient (Wildman–Crippen LogP) is 10.9. The molecule has 1 aliphatic heterocycles. The van der Waals surface area contributed by atoms with E-state index in [1.807, 2.05) is 111 Å². The molecule has 0 unspecified atom stereocenters. The van der Waals surface area contributed by atoms with E-state index in [0.717, 1.165) is 58.2 Å². The Morgan fingerprint density at radius 1 is 0.675 bits per heavy atom. The fourth-order valence-corrected chi connectivity index (χ4v) is 10.2. The zero-order chi connectivity index (χ0) is 55.7. The van der Waals surface area contributed by atoms with E-state index < -0.39 is 65.3 Å². The lowest BCUT2D eigenvalue weighted by atomic mass is 9.87. The molecule has 0 aromatic heterocycles. The third kappa shape index (κ3) is 19.5. The van der Waals surface area contributed by atoms with Gasteiger partial charge in [0.2, 0.25) is 23.6 Å². The third-order valence-corrected chi connectivity index (χ3v) is 15.1. The van der Waals surface area contributed by atoms with E-state index in [4.69, 9.17) is 9.47 Å². The molecular formula is C64H86N4O9. The smallest absolute Gasteiger partial charge is 0.328 e. The molecule has 5 atom stereocenters. The van der Waals surface area contributed by atoms with Crippen LogP contribution >= 0.6 is 0 Å². The van der Waals surface area contributed by atoms with Gasteiger partial charge in [0.05, 0.1) is 26.4 Å². The number of methoxy groups -OCH3 is 1. The summed E-state index contributed by atoms with van der Waals surface area (Å²) < 4.78 is 11.2. The molecule has 4 aromatic rings. The number of fused-ring (bicyclic) bond motifs is 5. The quantitative estimate of drug-likeness (QED) is 0.0397. The van der Waals surface area contributed by atoms with Gasteiger partial charge < -0.3 is 29.9 Å². The number of unbranched alkanes of at least 4 members (excludes halogenated alkanes) is 12. The molecule has 4 bridgehead atoms. The number of amides is 4. The van der Waals surface area contributed by atoms with E-state index in [1.54, 1.807) is 14.0 Å². The highest BCUT2D eigenvalue weighted by molar-refractivity contribution is 5.97. The maximum absolute atomic E-state index is 14.5. The lowest BCUT2D eigenvalue weighted by Gasteiger charge is -2.30. The first-order chi connectivity index (χ1) is 37.1. The molecule has 4 amide bonds. The molecule has 4 aromatic carbocycles. The molecule has 0 saturated carbocycles. The maximum Gasteiger partial charge on any atom is 0.328 e. The molecule has 2 N–H and O–H groups in total. The van der Waals surface area contributed by atoms with Crippen molar-refractivity contribution in [2.24, 2.45) is 5.92 Å². The van der Waals surface area contributed by atoms with Gasteiger partial charge in [-0.05, 0) is 77.3 Å². The summed E-state index contributed by atoms with van der Waals surface area (Å²) in [6, 6.07) is 26.0. The zero-order valence-corrected chi connectivity index (χ0v) is 47.0. The number of nitrogens with one attached hydrogen (secondary N) is 2. The van der Waals surface area contributed by atoms with Gasteiger partial charge >= 0.3 is 5.97 Å². The Kier molecular flexibility index (Phi) is 25.8. The molecule has 0 aliphatic carbocycles. The summed E-state index contributed by atoms with van der Waals surface area (Å²) in [7, 11) is 4.39. The third-order valence-electron chi connectivity index (χ3n) is 15.1. The Bertz CT molecular complexity index is 2550. The normalized spacial score (nSPS) is 16.3. The number of likely N-dealkylation sites (N-methyl/N-ethyl adjacent to an activating group) is 2. The average Bonchev–Trinajstić information content (AvgIpc) is 3.43. The molecule has 0 radical (unpaired) electrons. The van der Waals surface area contributed by atoms with Crippen molar-refractivity contribution in [2.45, 2.75) is 180 Å². The van der Waals surface area contributed by atoms with Crippen molar-refractivity contribution in [3.8, 4) is 11.1 Å². The summed E-state index contributed by atoms with van der Waals surface area (Å²) >= 11 is 0. The van der Waals surface area contributed by atoms with E-state index in [-0.39, 0.29) is 57.6 Å². The molecule has 13 heteroatoms. The summed E-state index contributed by atoms with van der Waals surface area (Å²) in [5.41, 5.74) is 6.63. The monoisotopic (exact) mass is 1050 g/mol. The average molecular weight is 1060 g/mol. The minimum Gasteiger partial charge on any atom is -0.467 e. The Labute approximate surface area is 458 Å². The number of hydrogen-bond donors (Lipinski definition) is 2. The van der Waals surface area contributed by atoms with Crippen LogP contribution < -0.4 is 10.6 Å². The van der Waals surface area contributed by atoms with Gasteiger partial charge in [-0.15, -0.1) is 0 Å². The molecule has 13 nitrogen and oxygen atoms in total. The standard InChI is InChI=1S/C64H86N4O9/c1-8-9-10-11-12-13-14-15-16-17-18-19-26-31-59(71)67(5)56(44-77-43-49-29-24-21-25-30-49)63(74)65-54(40-48-27-22-20-23-28-48)57(69)36-37-60(72)68(6)61-51-35-33-46(3)53(42-51)52-39-50(34-32-45(52)2)41-55(64(75)76-7)66-62(73)47(4)38-58(61)70/h20-25,27-30,32-35,39,42,47,54-56,61H,8-19,26,31,36-38,40-41,43-44H2,1-7H3,(H,65,74)(H,66,73)/t47-,54-,55+,56-,61+/m1/s1. The van der Waals surface area contributed by atoms with Gasteiger partial charge in [0, 0.05) is 52.1 Å². The van der Waals surface area contributed by atoms with Crippen LogP contribution in [0.5, 0.6) is 0 Å². The number of hydrogen-bond acceptors (Lipinski definition) is 9. The van der Waals surface area contributed by atoms with Crippen LogP contribution in [0.1, 0.15) is 162 Å². The molecule has 416 valence electrons. The number of rotatable bonds is 29. The number of esters is 1. The Balaban J connectivity index is 1.31. The number of ether oxygens (including phenoxy) is 2. The van der Waals surface area contributed by atoms with Crippen LogP contribution in [-0.2, 0) is 62.5 Å². The summed E-state index contributed by atoms with van der Waals surface area (Å²) in [4.78, 5) is 101. The summed E-state index contributed by atoms with van der Waals surface area (Å²) in [6.07, 6.45) is 15.2. The van der Waals surface area contributed by atoms with Crippen LogP contribution in [0, 0.1) is 19.8 Å². The van der Waals surface area contributed by atoms with Crippen molar-refractivity contribution in [3.63, 3.8) is 0 Å². The summed E-state index contributed by atoms with van der Waals surface area (Å²) in [5.74, 6) is -4.01. The fourth-order valence-electron chi connectivity index (χ4n) is 10.2. The lowest BCUT2D eigenvalue weighted by Crippen LogP contribution is -2.54. The Hall–Kier alpha value is -6.47. The highest BCUT2D eigenvalue weighted by Crippen LogP contribution is 2.34. The molecule has 0 saturated heterocycles. The number of ketones is 2. The van der Waals surface area contributed by atoms with Crippen molar-refractivity contribution in [1.29, 1.82) is 0 Å². The van der Waals surface area contributed by atoms with E-state index in [9.17, 15) is 33.6 Å². The topological polar surface area (TPSA) is 168 Å². The zero-order valence-electron chi connectivity index (χ0n) is 47.0. The minimum atomic E-state index is -1.13. The molecule has 5 rings (SSSR count). The van der Waals surface area contributed by atoms with Gasteiger partial charge in [-0.1, -0.05) is 182 Å². The van der Waals surface area contributed by atoms with Crippen LogP contribution in [0.4, 0.5) is 0 Å². The Morgan fingerprint density at radius 2 is 1.25 bits per heavy atom. The first-order valence-corrected chi connectivity index (χ1v) is 28.2.